The summed E-state index contributed by atoms with van der Waals surface area (Å²) in [6.45, 7) is 5.04. The van der Waals surface area contributed by atoms with E-state index in [1.165, 1.54) is 43.2 Å². The van der Waals surface area contributed by atoms with Crippen molar-refractivity contribution in [3.8, 4) is 5.75 Å². The molecule has 1 saturated carbocycles. The second-order valence-electron chi connectivity index (χ2n) is 9.87. The van der Waals surface area contributed by atoms with Gasteiger partial charge in [-0.05, 0) is 73.2 Å². The lowest BCUT2D eigenvalue weighted by molar-refractivity contribution is -0.143. The van der Waals surface area contributed by atoms with Crippen molar-refractivity contribution in [2.75, 3.05) is 13.7 Å². The smallest absolute Gasteiger partial charge is 0.306 e. The Labute approximate surface area is 187 Å². The molecule has 2 aliphatic rings. The largest absolute Gasteiger partial charge is 0.508 e. The van der Waals surface area contributed by atoms with Gasteiger partial charge in [0.25, 0.3) is 0 Å². The van der Waals surface area contributed by atoms with Gasteiger partial charge in [-0.1, -0.05) is 52.0 Å². The molecule has 0 amide bonds. The Bertz CT molecular complexity index is 739. The number of hydrogen-bond donors (Lipinski definition) is 3. The van der Waals surface area contributed by atoms with E-state index < -0.39 is 11.7 Å². The van der Waals surface area contributed by atoms with E-state index in [-0.39, 0.29) is 11.3 Å². The Balaban J connectivity index is 1.71. The molecule has 0 unspecified atom stereocenters. The number of nitrogens with one attached hydrogen (secondary N) is 1. The Kier molecular flexibility index (Phi) is 8.03. The van der Waals surface area contributed by atoms with Gasteiger partial charge in [0.2, 0.25) is 0 Å². The molecule has 0 radical (unpaired) electrons. The number of aromatic hydroxyl groups is 1. The maximum absolute atomic E-state index is 11.9. The predicted octanol–water partition coefficient (Wildman–Crippen LogP) is 5.39. The molecule has 0 saturated heterocycles. The highest BCUT2D eigenvalue weighted by atomic mass is 16.5. The molecular weight excluding hydrogens is 390 g/mol. The molecule has 0 bridgehead atoms. The van der Waals surface area contributed by atoms with Crippen LogP contribution >= 0.6 is 0 Å². The Morgan fingerprint density at radius 1 is 1.23 bits per heavy atom. The van der Waals surface area contributed by atoms with Crippen molar-refractivity contribution < 1.29 is 19.7 Å². The summed E-state index contributed by atoms with van der Waals surface area (Å²) in [4.78, 5) is 11.9. The minimum atomic E-state index is -0.667. The molecule has 0 spiro atoms. The van der Waals surface area contributed by atoms with Crippen molar-refractivity contribution in [1.82, 2.24) is 5.32 Å². The molecule has 5 heteroatoms. The van der Waals surface area contributed by atoms with Crippen molar-refractivity contribution in [2.45, 2.75) is 95.6 Å². The minimum Gasteiger partial charge on any atom is -0.508 e. The van der Waals surface area contributed by atoms with E-state index >= 15 is 0 Å². The molecule has 5 nitrogen and oxygen atoms in total. The number of carboxylic acid groups (broad SMARTS) is 1. The van der Waals surface area contributed by atoms with Crippen LogP contribution in [0.15, 0.2) is 18.2 Å². The highest BCUT2D eigenvalue weighted by molar-refractivity contribution is 5.69. The van der Waals surface area contributed by atoms with Crippen LogP contribution in [0.4, 0.5) is 0 Å². The third kappa shape index (κ3) is 5.43. The van der Waals surface area contributed by atoms with Crippen LogP contribution in [0, 0.1) is 11.8 Å². The average Bonchev–Trinajstić information content (AvgIpc) is 2.78. The first-order chi connectivity index (χ1) is 14.9. The van der Waals surface area contributed by atoms with Crippen LogP contribution in [0.3, 0.4) is 0 Å². The molecule has 2 atom stereocenters. The minimum absolute atomic E-state index is 0.0658. The summed E-state index contributed by atoms with van der Waals surface area (Å²) in [5.41, 5.74) is 1.86. The SMILES string of the molecule is CCC1(CC)C[C@](NCC[C@H](CC2CCCCC2)C(=O)O)(OC)Cc2ccc(O)cc21. The molecule has 0 aromatic heterocycles. The molecule has 2 aliphatic carbocycles. The van der Waals surface area contributed by atoms with E-state index in [0.29, 0.717) is 24.6 Å². The fourth-order valence-electron chi connectivity index (χ4n) is 6.09. The second-order valence-corrected chi connectivity index (χ2v) is 9.87. The summed E-state index contributed by atoms with van der Waals surface area (Å²) in [6, 6.07) is 5.69. The monoisotopic (exact) mass is 431 g/mol. The van der Waals surface area contributed by atoms with Crippen molar-refractivity contribution in [2.24, 2.45) is 11.8 Å². The van der Waals surface area contributed by atoms with Crippen LogP contribution < -0.4 is 5.32 Å². The normalized spacial score (nSPS) is 24.5. The van der Waals surface area contributed by atoms with Crippen molar-refractivity contribution >= 4 is 5.97 Å². The zero-order chi connectivity index (χ0) is 22.5. The van der Waals surface area contributed by atoms with Gasteiger partial charge in [-0.15, -0.1) is 0 Å². The first kappa shape index (κ1) is 24.1. The third-order valence-corrected chi connectivity index (χ3v) is 8.14. The molecule has 174 valence electrons. The third-order valence-electron chi connectivity index (χ3n) is 8.14. The molecule has 1 aromatic carbocycles. The van der Waals surface area contributed by atoms with Gasteiger partial charge in [-0.2, -0.15) is 0 Å². The summed E-state index contributed by atoms with van der Waals surface area (Å²) >= 11 is 0. The summed E-state index contributed by atoms with van der Waals surface area (Å²) < 4.78 is 6.10. The highest BCUT2D eigenvalue weighted by Crippen LogP contribution is 2.47. The number of hydrogen-bond acceptors (Lipinski definition) is 4. The quantitative estimate of drug-likeness (QED) is 0.433. The second kappa shape index (κ2) is 10.4. The topological polar surface area (TPSA) is 78.8 Å². The maximum atomic E-state index is 11.9. The average molecular weight is 432 g/mol. The molecule has 0 aliphatic heterocycles. The number of rotatable bonds is 10. The molecular formula is C26H41NO4. The predicted molar refractivity (Wildman–Crippen MR) is 123 cm³/mol. The molecule has 3 rings (SSSR count). The van der Waals surface area contributed by atoms with Gasteiger partial charge in [-0.25, -0.2) is 0 Å². The van der Waals surface area contributed by atoms with Crippen LogP contribution in [0.25, 0.3) is 0 Å². The van der Waals surface area contributed by atoms with E-state index in [4.69, 9.17) is 4.74 Å². The van der Waals surface area contributed by atoms with E-state index in [2.05, 4.69) is 19.2 Å². The number of carboxylic acids is 1. The van der Waals surface area contributed by atoms with E-state index in [1.54, 1.807) is 13.2 Å². The Hall–Kier alpha value is -1.59. The van der Waals surface area contributed by atoms with E-state index in [1.807, 2.05) is 12.1 Å². The zero-order valence-corrected chi connectivity index (χ0v) is 19.6. The number of phenols is 1. The van der Waals surface area contributed by atoms with Gasteiger partial charge in [0, 0.05) is 13.5 Å². The molecule has 1 aromatic rings. The fourth-order valence-corrected chi connectivity index (χ4v) is 6.09. The van der Waals surface area contributed by atoms with Crippen molar-refractivity contribution in [3.05, 3.63) is 29.3 Å². The van der Waals surface area contributed by atoms with Gasteiger partial charge >= 0.3 is 5.97 Å². The number of ether oxygens (including phenoxy) is 1. The number of benzene rings is 1. The number of fused-ring (bicyclic) bond motifs is 1. The van der Waals surface area contributed by atoms with Gasteiger partial charge in [0.05, 0.1) is 5.92 Å². The highest BCUT2D eigenvalue weighted by Gasteiger charge is 2.46. The fraction of sp³-hybridized carbons (Fsp3) is 0.731. The van der Waals surface area contributed by atoms with E-state index in [9.17, 15) is 15.0 Å². The van der Waals surface area contributed by atoms with Crippen molar-refractivity contribution in [3.63, 3.8) is 0 Å². The Morgan fingerprint density at radius 2 is 1.94 bits per heavy atom. The standard InChI is InChI=1S/C26H41NO4/c1-4-25(5-2)18-26(31-3,17-21-11-12-22(28)16-23(21)25)27-14-13-20(24(29)30)15-19-9-7-6-8-10-19/h11-12,16,19-20,27-28H,4-10,13-15,17-18H2,1-3H3,(H,29,30)/t20-,26-/m1/s1. The van der Waals surface area contributed by atoms with Crippen LogP contribution in [-0.2, 0) is 21.4 Å². The summed E-state index contributed by atoms with van der Waals surface area (Å²) in [5.74, 6) is -0.0811. The summed E-state index contributed by atoms with van der Waals surface area (Å²) in [5, 5.41) is 23.5. The van der Waals surface area contributed by atoms with Gasteiger partial charge in [0.1, 0.15) is 11.5 Å². The number of phenolic OH excluding ortho intramolecular Hbond substituents is 1. The van der Waals surface area contributed by atoms with Crippen LogP contribution in [0.5, 0.6) is 5.75 Å². The van der Waals surface area contributed by atoms with E-state index in [0.717, 1.165) is 32.1 Å². The van der Waals surface area contributed by atoms with Gasteiger partial charge in [-0.3, -0.25) is 10.1 Å². The summed E-state index contributed by atoms with van der Waals surface area (Å²) in [7, 11) is 1.76. The number of methoxy groups -OCH3 is 1. The molecule has 1 fully saturated rings. The molecule has 31 heavy (non-hydrogen) atoms. The van der Waals surface area contributed by atoms with Crippen LogP contribution in [-0.4, -0.2) is 35.6 Å². The summed E-state index contributed by atoms with van der Waals surface area (Å²) in [6.07, 6.45) is 11.0. The maximum Gasteiger partial charge on any atom is 0.306 e. The number of carbonyl (C=O) groups is 1. The van der Waals surface area contributed by atoms with Crippen LogP contribution in [0.2, 0.25) is 0 Å². The molecule has 3 N–H and O–H groups in total. The lowest BCUT2D eigenvalue weighted by atomic mass is 9.64. The number of aliphatic carboxylic acids is 1. The van der Waals surface area contributed by atoms with Crippen molar-refractivity contribution in [1.29, 1.82) is 0 Å². The van der Waals surface area contributed by atoms with Gasteiger partial charge in [0.15, 0.2) is 0 Å². The van der Waals surface area contributed by atoms with Gasteiger partial charge < -0.3 is 14.9 Å². The molecule has 0 heterocycles. The zero-order valence-electron chi connectivity index (χ0n) is 19.6. The first-order valence-electron chi connectivity index (χ1n) is 12.2. The first-order valence-corrected chi connectivity index (χ1v) is 12.2. The van der Waals surface area contributed by atoms with Crippen LogP contribution in [0.1, 0.15) is 89.2 Å². The lowest BCUT2D eigenvalue weighted by Crippen LogP contribution is -2.56. The Morgan fingerprint density at radius 3 is 2.55 bits per heavy atom. The lowest BCUT2D eigenvalue weighted by Gasteiger charge is -2.48.